The van der Waals surface area contributed by atoms with Crippen LogP contribution >= 0.6 is 0 Å². The lowest BCUT2D eigenvalue weighted by atomic mass is 10.3. The van der Waals surface area contributed by atoms with Crippen molar-refractivity contribution in [3.63, 3.8) is 0 Å². The SMILES string of the molecule is Oc1cc(O)cc(O)c1.Oc1ccc(O)c(O)c1O. The molecule has 7 heteroatoms. The molecule has 2 rings (SSSR count). The summed E-state index contributed by atoms with van der Waals surface area (Å²) in [5.41, 5.74) is 0. The molecular formula is C12H12O7. The van der Waals surface area contributed by atoms with Gasteiger partial charge in [0.05, 0.1) is 0 Å². The van der Waals surface area contributed by atoms with Crippen LogP contribution in [0.1, 0.15) is 0 Å². The second-order valence-electron chi connectivity index (χ2n) is 3.51. The van der Waals surface area contributed by atoms with Gasteiger partial charge in [0.15, 0.2) is 11.5 Å². The lowest BCUT2D eigenvalue weighted by Crippen LogP contribution is -1.71. The third-order valence-corrected chi connectivity index (χ3v) is 2.00. The van der Waals surface area contributed by atoms with E-state index in [9.17, 15) is 0 Å². The van der Waals surface area contributed by atoms with Gasteiger partial charge < -0.3 is 35.7 Å². The lowest BCUT2D eigenvalue weighted by Gasteiger charge is -2.00. The molecule has 2 aromatic rings. The maximum atomic E-state index is 8.73. The highest BCUT2D eigenvalue weighted by Crippen LogP contribution is 2.40. The average Bonchev–Trinajstić information content (AvgIpc) is 2.30. The molecule has 0 heterocycles. The summed E-state index contributed by atoms with van der Waals surface area (Å²) in [6, 6.07) is 5.56. The van der Waals surface area contributed by atoms with Crippen LogP contribution in [0.2, 0.25) is 0 Å². The Morgan fingerprint density at radius 3 is 1.00 bits per heavy atom. The van der Waals surface area contributed by atoms with Gasteiger partial charge in [-0.05, 0) is 12.1 Å². The highest BCUT2D eigenvalue weighted by atomic mass is 16.3. The molecule has 0 saturated heterocycles. The van der Waals surface area contributed by atoms with Crippen molar-refractivity contribution < 1.29 is 35.7 Å². The van der Waals surface area contributed by atoms with Crippen molar-refractivity contribution in [1.82, 2.24) is 0 Å². The quantitative estimate of drug-likeness (QED) is 0.282. The molecule has 0 aromatic heterocycles. The predicted octanol–water partition coefficient (Wildman–Crippen LogP) is 1.31. The Bertz CT molecular complexity index is 503. The second kappa shape index (κ2) is 5.58. The van der Waals surface area contributed by atoms with E-state index in [4.69, 9.17) is 35.7 Å². The van der Waals surface area contributed by atoms with Crippen molar-refractivity contribution in [2.45, 2.75) is 0 Å². The highest BCUT2D eigenvalue weighted by molar-refractivity contribution is 5.55. The first kappa shape index (κ1) is 14.1. The maximum absolute atomic E-state index is 8.73. The zero-order valence-corrected chi connectivity index (χ0v) is 9.52. The van der Waals surface area contributed by atoms with Crippen molar-refractivity contribution in [3.8, 4) is 40.2 Å². The Balaban J connectivity index is 0.000000191. The molecule has 0 aliphatic carbocycles. The lowest BCUT2D eigenvalue weighted by molar-refractivity contribution is 0.346. The van der Waals surface area contributed by atoms with Gasteiger partial charge in [-0.15, -0.1) is 0 Å². The van der Waals surface area contributed by atoms with Crippen LogP contribution in [0.25, 0.3) is 0 Å². The van der Waals surface area contributed by atoms with E-state index in [0.717, 1.165) is 30.3 Å². The molecule has 0 aliphatic heterocycles. The minimum atomic E-state index is -0.708. The third kappa shape index (κ3) is 3.77. The molecule has 0 aliphatic rings. The molecule has 102 valence electrons. The zero-order chi connectivity index (χ0) is 14.6. The fraction of sp³-hybridized carbons (Fsp3) is 0. The van der Waals surface area contributed by atoms with Gasteiger partial charge in [-0.1, -0.05) is 0 Å². The van der Waals surface area contributed by atoms with Crippen molar-refractivity contribution >= 4 is 0 Å². The van der Waals surface area contributed by atoms with Gasteiger partial charge in [0, 0.05) is 18.2 Å². The van der Waals surface area contributed by atoms with Crippen LogP contribution in [0, 0.1) is 0 Å². The Labute approximate surface area is 107 Å². The number of benzene rings is 2. The molecule has 0 radical (unpaired) electrons. The number of phenolic OH excluding ortho intramolecular Hbond substituents is 7. The molecule has 0 saturated carbocycles. The van der Waals surface area contributed by atoms with Crippen LogP contribution in [0.5, 0.6) is 40.2 Å². The van der Waals surface area contributed by atoms with Gasteiger partial charge in [0.25, 0.3) is 0 Å². The first-order chi connectivity index (χ1) is 8.81. The summed E-state index contributed by atoms with van der Waals surface area (Å²) in [4.78, 5) is 0. The van der Waals surface area contributed by atoms with E-state index in [-0.39, 0.29) is 17.2 Å². The first-order valence-electron chi connectivity index (χ1n) is 4.96. The standard InChI is InChI=1S/C6H6O4.C6H6O3/c7-3-1-2-4(8)6(10)5(3)9;7-4-1-5(8)3-6(9)2-4/h1-2,7-10H;1-3,7-9H. The summed E-state index contributed by atoms with van der Waals surface area (Å²) in [5, 5.41) is 60.9. The normalized spacial score (nSPS) is 9.47. The van der Waals surface area contributed by atoms with Crippen LogP contribution in [0.4, 0.5) is 0 Å². The summed E-state index contributed by atoms with van der Waals surface area (Å²) < 4.78 is 0. The zero-order valence-electron chi connectivity index (χ0n) is 9.52. The summed E-state index contributed by atoms with van der Waals surface area (Å²) in [7, 11) is 0. The van der Waals surface area contributed by atoms with Crippen LogP contribution in [-0.2, 0) is 0 Å². The van der Waals surface area contributed by atoms with Gasteiger partial charge in [-0.2, -0.15) is 0 Å². The molecular weight excluding hydrogens is 256 g/mol. The topological polar surface area (TPSA) is 142 Å². The molecule has 0 spiro atoms. The minimum Gasteiger partial charge on any atom is -0.508 e. The minimum absolute atomic E-state index is 0.146. The van der Waals surface area contributed by atoms with Crippen molar-refractivity contribution in [1.29, 1.82) is 0 Å². The number of hydrogen-bond donors (Lipinski definition) is 7. The molecule has 7 nitrogen and oxygen atoms in total. The molecule has 2 aromatic carbocycles. The fourth-order valence-electron chi connectivity index (χ4n) is 1.14. The number of hydrogen-bond acceptors (Lipinski definition) is 7. The maximum Gasteiger partial charge on any atom is 0.204 e. The Hall–Kier alpha value is -2.96. The average molecular weight is 268 g/mol. The Kier molecular flexibility index (Phi) is 4.15. The van der Waals surface area contributed by atoms with Gasteiger partial charge in [0.2, 0.25) is 11.5 Å². The van der Waals surface area contributed by atoms with Crippen LogP contribution < -0.4 is 0 Å². The van der Waals surface area contributed by atoms with Crippen molar-refractivity contribution in [2.75, 3.05) is 0 Å². The smallest absolute Gasteiger partial charge is 0.204 e. The molecule has 0 amide bonds. The summed E-state index contributed by atoms with van der Waals surface area (Å²) in [5.74, 6) is -2.78. The monoisotopic (exact) mass is 268 g/mol. The summed E-state index contributed by atoms with van der Waals surface area (Å²) in [6.07, 6.45) is 0. The van der Waals surface area contributed by atoms with E-state index < -0.39 is 23.0 Å². The Morgan fingerprint density at radius 2 is 0.737 bits per heavy atom. The number of rotatable bonds is 0. The van der Waals surface area contributed by atoms with E-state index in [0.29, 0.717) is 0 Å². The third-order valence-electron chi connectivity index (χ3n) is 2.00. The van der Waals surface area contributed by atoms with Crippen molar-refractivity contribution in [3.05, 3.63) is 30.3 Å². The van der Waals surface area contributed by atoms with Crippen molar-refractivity contribution in [2.24, 2.45) is 0 Å². The second-order valence-corrected chi connectivity index (χ2v) is 3.51. The number of aromatic hydroxyl groups is 7. The highest BCUT2D eigenvalue weighted by Gasteiger charge is 2.08. The van der Waals surface area contributed by atoms with E-state index in [2.05, 4.69) is 0 Å². The molecule has 0 fully saturated rings. The van der Waals surface area contributed by atoms with Gasteiger partial charge in [-0.25, -0.2) is 0 Å². The van der Waals surface area contributed by atoms with E-state index in [1.807, 2.05) is 0 Å². The Morgan fingerprint density at radius 1 is 0.474 bits per heavy atom. The largest absolute Gasteiger partial charge is 0.508 e. The van der Waals surface area contributed by atoms with Gasteiger partial charge >= 0.3 is 0 Å². The summed E-state index contributed by atoms with van der Waals surface area (Å²) in [6.45, 7) is 0. The first-order valence-corrected chi connectivity index (χ1v) is 4.96. The number of phenols is 7. The van der Waals surface area contributed by atoms with E-state index in [1.165, 1.54) is 0 Å². The molecule has 0 bridgehead atoms. The van der Waals surface area contributed by atoms with Crippen LogP contribution in [0.15, 0.2) is 30.3 Å². The van der Waals surface area contributed by atoms with Crippen LogP contribution in [0.3, 0.4) is 0 Å². The van der Waals surface area contributed by atoms with Gasteiger partial charge in [0.1, 0.15) is 17.2 Å². The summed E-state index contributed by atoms with van der Waals surface area (Å²) >= 11 is 0. The molecule has 0 unspecified atom stereocenters. The van der Waals surface area contributed by atoms with E-state index >= 15 is 0 Å². The molecule has 7 N–H and O–H groups in total. The van der Waals surface area contributed by atoms with Crippen LogP contribution in [-0.4, -0.2) is 35.7 Å². The van der Waals surface area contributed by atoms with E-state index in [1.54, 1.807) is 0 Å². The molecule has 0 atom stereocenters. The predicted molar refractivity (Wildman–Crippen MR) is 64.5 cm³/mol. The molecule has 19 heavy (non-hydrogen) atoms. The van der Waals surface area contributed by atoms with Gasteiger partial charge in [-0.3, -0.25) is 0 Å². The fourth-order valence-corrected chi connectivity index (χ4v) is 1.14.